The second kappa shape index (κ2) is 6.02. The first-order valence-corrected chi connectivity index (χ1v) is 5.60. The standard InChI is InChI=1S/C11H21NO2/c1-3-14-11(13)7-9(2)10-5-4-6-12-8-10/h9-10,12H,3-8H2,1-2H3/t9-,10-/m0/s1. The van der Waals surface area contributed by atoms with Crippen LogP contribution in [0.1, 0.15) is 33.1 Å². The molecule has 1 N–H and O–H groups in total. The Labute approximate surface area is 86.2 Å². The topological polar surface area (TPSA) is 38.3 Å². The molecule has 1 aliphatic rings. The molecule has 3 nitrogen and oxygen atoms in total. The maximum Gasteiger partial charge on any atom is 0.306 e. The Morgan fingerprint density at radius 3 is 3.00 bits per heavy atom. The molecule has 3 heteroatoms. The summed E-state index contributed by atoms with van der Waals surface area (Å²) in [5, 5.41) is 3.37. The van der Waals surface area contributed by atoms with E-state index in [1.54, 1.807) is 0 Å². The van der Waals surface area contributed by atoms with Gasteiger partial charge in [-0.15, -0.1) is 0 Å². The second-order valence-electron chi connectivity index (χ2n) is 4.09. The summed E-state index contributed by atoms with van der Waals surface area (Å²) in [6.45, 7) is 6.68. The molecule has 0 aromatic rings. The third-order valence-electron chi connectivity index (χ3n) is 2.93. The van der Waals surface area contributed by atoms with E-state index in [1.165, 1.54) is 12.8 Å². The van der Waals surface area contributed by atoms with Crippen molar-refractivity contribution in [1.29, 1.82) is 0 Å². The summed E-state index contributed by atoms with van der Waals surface area (Å²) >= 11 is 0. The molecule has 82 valence electrons. The van der Waals surface area contributed by atoms with E-state index < -0.39 is 0 Å². The molecule has 0 saturated carbocycles. The Bertz CT molecular complexity index is 176. The van der Waals surface area contributed by atoms with Gasteiger partial charge in [-0.3, -0.25) is 4.79 Å². The Morgan fingerprint density at radius 1 is 1.64 bits per heavy atom. The quantitative estimate of drug-likeness (QED) is 0.698. The van der Waals surface area contributed by atoms with Gasteiger partial charge in [0.1, 0.15) is 0 Å². The second-order valence-corrected chi connectivity index (χ2v) is 4.09. The Kier molecular flexibility index (Phi) is 4.94. The van der Waals surface area contributed by atoms with Crippen LogP contribution in [-0.4, -0.2) is 25.7 Å². The van der Waals surface area contributed by atoms with Crippen LogP contribution >= 0.6 is 0 Å². The van der Waals surface area contributed by atoms with E-state index >= 15 is 0 Å². The van der Waals surface area contributed by atoms with Gasteiger partial charge in [-0.05, 0) is 44.7 Å². The van der Waals surface area contributed by atoms with Gasteiger partial charge < -0.3 is 10.1 Å². The zero-order chi connectivity index (χ0) is 10.4. The Hall–Kier alpha value is -0.570. The van der Waals surface area contributed by atoms with Crippen LogP contribution in [0.4, 0.5) is 0 Å². The normalized spacial score (nSPS) is 24.3. The Morgan fingerprint density at radius 2 is 2.43 bits per heavy atom. The molecule has 0 aromatic carbocycles. The van der Waals surface area contributed by atoms with Gasteiger partial charge in [0.2, 0.25) is 0 Å². The van der Waals surface area contributed by atoms with Gasteiger partial charge in [-0.25, -0.2) is 0 Å². The van der Waals surface area contributed by atoms with Crippen LogP contribution in [0.15, 0.2) is 0 Å². The average molecular weight is 199 g/mol. The van der Waals surface area contributed by atoms with Crippen molar-refractivity contribution in [3.8, 4) is 0 Å². The summed E-state index contributed by atoms with van der Waals surface area (Å²) in [5.41, 5.74) is 0. The van der Waals surface area contributed by atoms with Gasteiger partial charge >= 0.3 is 5.97 Å². The van der Waals surface area contributed by atoms with E-state index in [-0.39, 0.29) is 5.97 Å². The molecule has 0 bridgehead atoms. The fraction of sp³-hybridized carbons (Fsp3) is 0.909. The maximum atomic E-state index is 11.3. The number of piperidine rings is 1. The molecule has 0 unspecified atom stereocenters. The first-order chi connectivity index (χ1) is 6.74. The molecule has 0 aliphatic carbocycles. The third-order valence-corrected chi connectivity index (χ3v) is 2.93. The summed E-state index contributed by atoms with van der Waals surface area (Å²) in [6.07, 6.45) is 3.05. The smallest absolute Gasteiger partial charge is 0.306 e. The number of ether oxygens (including phenoxy) is 1. The zero-order valence-corrected chi connectivity index (χ0v) is 9.21. The van der Waals surface area contributed by atoms with E-state index in [0.29, 0.717) is 24.9 Å². The number of rotatable bonds is 4. The summed E-state index contributed by atoms with van der Waals surface area (Å²) in [5.74, 6) is 1.04. The molecular weight excluding hydrogens is 178 g/mol. The van der Waals surface area contributed by atoms with Crippen molar-refractivity contribution < 1.29 is 9.53 Å². The molecule has 14 heavy (non-hydrogen) atoms. The fourth-order valence-electron chi connectivity index (χ4n) is 2.01. The first-order valence-electron chi connectivity index (χ1n) is 5.60. The lowest BCUT2D eigenvalue weighted by Gasteiger charge is -2.27. The van der Waals surface area contributed by atoms with Gasteiger partial charge in [0.25, 0.3) is 0 Å². The van der Waals surface area contributed by atoms with Crippen molar-refractivity contribution in [2.24, 2.45) is 11.8 Å². The van der Waals surface area contributed by atoms with Crippen LogP contribution in [0.25, 0.3) is 0 Å². The molecule has 2 atom stereocenters. The predicted molar refractivity (Wildman–Crippen MR) is 56.0 cm³/mol. The number of hydrogen-bond acceptors (Lipinski definition) is 3. The molecule has 0 spiro atoms. The van der Waals surface area contributed by atoms with E-state index in [4.69, 9.17) is 4.74 Å². The molecule has 1 fully saturated rings. The zero-order valence-electron chi connectivity index (χ0n) is 9.21. The van der Waals surface area contributed by atoms with Crippen LogP contribution in [0.3, 0.4) is 0 Å². The summed E-state index contributed by atoms with van der Waals surface area (Å²) in [7, 11) is 0. The summed E-state index contributed by atoms with van der Waals surface area (Å²) in [6, 6.07) is 0. The van der Waals surface area contributed by atoms with Gasteiger partial charge in [0.15, 0.2) is 0 Å². The maximum absolute atomic E-state index is 11.3. The lowest BCUT2D eigenvalue weighted by Crippen LogP contribution is -2.34. The molecule has 0 radical (unpaired) electrons. The van der Waals surface area contributed by atoms with Gasteiger partial charge in [-0.1, -0.05) is 6.92 Å². The van der Waals surface area contributed by atoms with E-state index in [9.17, 15) is 4.79 Å². The van der Waals surface area contributed by atoms with Crippen molar-refractivity contribution in [1.82, 2.24) is 5.32 Å². The minimum atomic E-state index is -0.0504. The molecule has 1 saturated heterocycles. The lowest BCUT2D eigenvalue weighted by atomic mass is 9.85. The third kappa shape index (κ3) is 3.66. The van der Waals surface area contributed by atoms with Gasteiger partial charge in [0, 0.05) is 6.42 Å². The number of carbonyl (C=O) groups excluding carboxylic acids is 1. The van der Waals surface area contributed by atoms with Crippen LogP contribution in [0.5, 0.6) is 0 Å². The average Bonchev–Trinajstić information content (AvgIpc) is 2.19. The lowest BCUT2D eigenvalue weighted by molar-refractivity contribution is -0.144. The number of nitrogens with one attached hydrogen (secondary N) is 1. The summed E-state index contributed by atoms with van der Waals surface area (Å²) < 4.78 is 4.94. The number of carbonyl (C=O) groups is 1. The molecule has 0 amide bonds. The minimum Gasteiger partial charge on any atom is -0.466 e. The molecular formula is C11H21NO2. The van der Waals surface area contributed by atoms with Gasteiger partial charge in [0.05, 0.1) is 6.61 Å². The highest BCUT2D eigenvalue weighted by molar-refractivity contribution is 5.69. The molecule has 0 aromatic heterocycles. The highest BCUT2D eigenvalue weighted by atomic mass is 16.5. The molecule has 1 aliphatic heterocycles. The Balaban J connectivity index is 2.25. The van der Waals surface area contributed by atoms with Crippen molar-refractivity contribution in [3.05, 3.63) is 0 Å². The van der Waals surface area contributed by atoms with E-state index in [2.05, 4.69) is 12.2 Å². The van der Waals surface area contributed by atoms with Crippen molar-refractivity contribution in [2.45, 2.75) is 33.1 Å². The fourth-order valence-corrected chi connectivity index (χ4v) is 2.01. The summed E-state index contributed by atoms with van der Waals surface area (Å²) in [4.78, 5) is 11.3. The molecule has 1 heterocycles. The SMILES string of the molecule is CCOC(=O)C[C@H](C)[C@H]1CCCNC1. The van der Waals surface area contributed by atoms with E-state index in [0.717, 1.165) is 13.1 Å². The highest BCUT2D eigenvalue weighted by Gasteiger charge is 2.22. The monoisotopic (exact) mass is 199 g/mol. The largest absolute Gasteiger partial charge is 0.466 e. The van der Waals surface area contributed by atoms with Gasteiger partial charge in [-0.2, -0.15) is 0 Å². The van der Waals surface area contributed by atoms with Crippen LogP contribution in [0.2, 0.25) is 0 Å². The van der Waals surface area contributed by atoms with E-state index in [1.807, 2.05) is 6.92 Å². The van der Waals surface area contributed by atoms with Crippen LogP contribution < -0.4 is 5.32 Å². The number of esters is 1. The first kappa shape index (κ1) is 11.5. The highest BCUT2D eigenvalue weighted by Crippen LogP contribution is 2.22. The van der Waals surface area contributed by atoms with Crippen molar-refractivity contribution in [2.75, 3.05) is 19.7 Å². The number of hydrogen-bond donors (Lipinski definition) is 1. The van der Waals surface area contributed by atoms with Crippen LogP contribution in [0, 0.1) is 11.8 Å². The molecule has 1 rings (SSSR count). The predicted octanol–water partition coefficient (Wildman–Crippen LogP) is 1.58. The minimum absolute atomic E-state index is 0.0504. The van der Waals surface area contributed by atoms with Crippen molar-refractivity contribution in [3.63, 3.8) is 0 Å². The van der Waals surface area contributed by atoms with Crippen molar-refractivity contribution >= 4 is 5.97 Å². The van der Waals surface area contributed by atoms with Crippen LogP contribution in [-0.2, 0) is 9.53 Å².